The number of nitrogens with one attached hydrogen (secondary N) is 1. The molecule has 5 nitrogen and oxygen atoms in total. The van der Waals surface area contributed by atoms with E-state index < -0.39 is 0 Å². The molecule has 0 amide bonds. The van der Waals surface area contributed by atoms with Crippen LogP contribution >= 0.6 is 0 Å². The van der Waals surface area contributed by atoms with Gasteiger partial charge in [0.2, 0.25) is 0 Å². The minimum absolute atomic E-state index is 1.16. The molecular formula is C8H15N5. The zero-order chi connectivity index (χ0) is 10.1. The second-order valence-electron chi connectivity index (χ2n) is 2.78. The molecule has 1 rings (SSSR count). The molecule has 0 aliphatic carbocycles. The normalized spacial score (nSPS) is 16.6. The topological polar surface area (TPSA) is 66.1 Å². The summed E-state index contributed by atoms with van der Waals surface area (Å²) in [6.07, 6.45) is 2.81. The molecule has 0 radical (unpaired) electrons. The summed E-state index contributed by atoms with van der Waals surface area (Å²) in [4.78, 5) is 4.77. The first kappa shape index (κ1) is 11.7. The lowest BCUT2D eigenvalue weighted by molar-refractivity contribution is 0.286. The van der Waals surface area contributed by atoms with Gasteiger partial charge >= 0.3 is 0 Å². The van der Waals surface area contributed by atoms with Gasteiger partial charge in [-0.3, -0.25) is 9.80 Å². The SMILES string of the molecule is CCN1CCN(C)C1.N#CNC#N. The molecule has 0 unspecified atom stereocenters. The van der Waals surface area contributed by atoms with Crippen molar-refractivity contribution in [2.24, 2.45) is 0 Å². The van der Waals surface area contributed by atoms with E-state index in [9.17, 15) is 0 Å². The molecule has 72 valence electrons. The molecule has 1 fully saturated rings. The van der Waals surface area contributed by atoms with Crippen LogP contribution in [0.25, 0.3) is 0 Å². The van der Waals surface area contributed by atoms with E-state index in [4.69, 9.17) is 10.5 Å². The number of rotatable bonds is 1. The highest BCUT2D eigenvalue weighted by Gasteiger charge is 2.12. The summed E-state index contributed by atoms with van der Waals surface area (Å²) in [5.74, 6) is 0. The smallest absolute Gasteiger partial charge is 0.190 e. The van der Waals surface area contributed by atoms with E-state index in [0.717, 1.165) is 6.67 Å². The van der Waals surface area contributed by atoms with Crippen LogP contribution in [0.5, 0.6) is 0 Å². The van der Waals surface area contributed by atoms with Gasteiger partial charge in [-0.25, -0.2) is 5.32 Å². The van der Waals surface area contributed by atoms with Crippen molar-refractivity contribution in [2.75, 3.05) is 33.4 Å². The molecule has 1 saturated heterocycles. The standard InChI is InChI=1S/C6H14N2.C2HN3/c1-3-8-5-4-7(2)6-8;3-1-5-2-4/h3-6H2,1-2H3;5H. The zero-order valence-corrected chi connectivity index (χ0v) is 8.12. The zero-order valence-electron chi connectivity index (χ0n) is 8.12. The maximum absolute atomic E-state index is 7.48. The lowest BCUT2D eigenvalue weighted by atomic mass is 10.6. The Morgan fingerprint density at radius 3 is 2.08 bits per heavy atom. The van der Waals surface area contributed by atoms with Crippen LogP contribution in [0.2, 0.25) is 0 Å². The molecule has 0 atom stereocenters. The average molecular weight is 181 g/mol. The summed E-state index contributed by atoms with van der Waals surface area (Å²) in [5.41, 5.74) is 0. The summed E-state index contributed by atoms with van der Waals surface area (Å²) in [7, 11) is 2.16. The highest BCUT2D eigenvalue weighted by atomic mass is 15.4. The Balaban J connectivity index is 0.000000252. The number of nitrogens with zero attached hydrogens (tertiary/aromatic N) is 4. The number of likely N-dealkylation sites (N-methyl/N-ethyl adjacent to an activating group) is 2. The van der Waals surface area contributed by atoms with Gasteiger partial charge < -0.3 is 0 Å². The van der Waals surface area contributed by atoms with Crippen LogP contribution in [0, 0.1) is 22.9 Å². The second-order valence-corrected chi connectivity index (χ2v) is 2.78. The van der Waals surface area contributed by atoms with Crippen molar-refractivity contribution < 1.29 is 0 Å². The largest absolute Gasteiger partial charge is 0.292 e. The molecule has 1 aliphatic heterocycles. The Hall–Kier alpha value is -1.30. The fourth-order valence-electron chi connectivity index (χ4n) is 1.08. The maximum atomic E-state index is 7.48. The van der Waals surface area contributed by atoms with Gasteiger partial charge in [0.15, 0.2) is 12.4 Å². The van der Waals surface area contributed by atoms with E-state index in [1.54, 1.807) is 5.32 Å². The monoisotopic (exact) mass is 181 g/mol. The molecule has 13 heavy (non-hydrogen) atoms. The molecule has 0 aromatic heterocycles. The first-order chi connectivity index (χ1) is 6.24. The van der Waals surface area contributed by atoms with Gasteiger partial charge in [0.25, 0.3) is 0 Å². The fourth-order valence-corrected chi connectivity index (χ4v) is 1.08. The third-order valence-electron chi connectivity index (χ3n) is 1.80. The van der Waals surface area contributed by atoms with Crippen LogP contribution in [0.1, 0.15) is 6.92 Å². The van der Waals surface area contributed by atoms with E-state index in [1.807, 2.05) is 0 Å². The lowest BCUT2D eigenvalue weighted by Gasteiger charge is -2.10. The summed E-state index contributed by atoms with van der Waals surface area (Å²) in [5, 5.41) is 16.7. The highest BCUT2D eigenvalue weighted by molar-refractivity contribution is 4.77. The Labute approximate surface area is 79.1 Å². The minimum Gasteiger partial charge on any atom is -0.292 e. The van der Waals surface area contributed by atoms with Crippen LogP contribution in [0.15, 0.2) is 0 Å². The van der Waals surface area contributed by atoms with Crippen molar-refractivity contribution >= 4 is 0 Å². The minimum atomic E-state index is 1.16. The van der Waals surface area contributed by atoms with E-state index >= 15 is 0 Å². The Kier molecular flexibility index (Phi) is 6.62. The molecule has 0 bridgehead atoms. The predicted molar refractivity (Wildman–Crippen MR) is 49.1 cm³/mol. The molecule has 1 aliphatic rings. The molecule has 1 heterocycles. The van der Waals surface area contributed by atoms with E-state index in [-0.39, 0.29) is 0 Å². The van der Waals surface area contributed by atoms with Crippen LogP contribution in [-0.2, 0) is 0 Å². The molecular weight excluding hydrogens is 166 g/mol. The van der Waals surface area contributed by atoms with Crippen LogP contribution in [0.3, 0.4) is 0 Å². The maximum Gasteiger partial charge on any atom is 0.190 e. The van der Waals surface area contributed by atoms with E-state index in [0.29, 0.717) is 0 Å². The lowest BCUT2D eigenvalue weighted by Crippen LogP contribution is -2.22. The van der Waals surface area contributed by atoms with Crippen molar-refractivity contribution in [3.8, 4) is 12.4 Å². The Morgan fingerprint density at radius 2 is 1.92 bits per heavy atom. The Bertz CT molecular complexity index is 190. The third-order valence-corrected chi connectivity index (χ3v) is 1.80. The molecule has 1 N–H and O–H groups in total. The van der Waals surface area contributed by atoms with E-state index in [1.165, 1.54) is 32.0 Å². The highest BCUT2D eigenvalue weighted by Crippen LogP contribution is 1.98. The number of hydrogen-bond donors (Lipinski definition) is 1. The van der Waals surface area contributed by atoms with Gasteiger partial charge in [0.1, 0.15) is 0 Å². The summed E-state index contributed by atoms with van der Waals surface area (Å²) >= 11 is 0. The van der Waals surface area contributed by atoms with Crippen LogP contribution in [-0.4, -0.2) is 43.2 Å². The van der Waals surface area contributed by atoms with E-state index in [2.05, 4.69) is 23.8 Å². The quantitative estimate of drug-likeness (QED) is 0.446. The summed E-state index contributed by atoms with van der Waals surface area (Å²) in [6, 6.07) is 0. The van der Waals surface area contributed by atoms with Gasteiger partial charge in [-0.1, -0.05) is 6.92 Å². The van der Waals surface area contributed by atoms with Crippen molar-refractivity contribution in [3.63, 3.8) is 0 Å². The Morgan fingerprint density at radius 1 is 1.31 bits per heavy atom. The first-order valence-electron chi connectivity index (χ1n) is 4.18. The second kappa shape index (κ2) is 7.35. The third kappa shape index (κ3) is 5.92. The van der Waals surface area contributed by atoms with Gasteiger partial charge in [0.05, 0.1) is 6.67 Å². The number of nitriles is 2. The summed E-state index contributed by atoms with van der Waals surface area (Å²) < 4.78 is 0. The van der Waals surface area contributed by atoms with Gasteiger partial charge in [-0.15, -0.1) is 0 Å². The average Bonchev–Trinajstić information content (AvgIpc) is 2.54. The van der Waals surface area contributed by atoms with Gasteiger partial charge in [-0.05, 0) is 13.6 Å². The first-order valence-corrected chi connectivity index (χ1v) is 4.18. The number of hydrogen-bond acceptors (Lipinski definition) is 5. The van der Waals surface area contributed by atoms with Crippen molar-refractivity contribution in [2.45, 2.75) is 6.92 Å². The van der Waals surface area contributed by atoms with Crippen molar-refractivity contribution in [3.05, 3.63) is 0 Å². The molecule has 0 aromatic carbocycles. The molecule has 0 saturated carbocycles. The molecule has 5 heteroatoms. The van der Waals surface area contributed by atoms with Gasteiger partial charge in [0, 0.05) is 13.1 Å². The summed E-state index contributed by atoms with van der Waals surface area (Å²) in [6.45, 7) is 7.07. The van der Waals surface area contributed by atoms with Crippen molar-refractivity contribution in [1.82, 2.24) is 15.1 Å². The van der Waals surface area contributed by atoms with Crippen molar-refractivity contribution in [1.29, 1.82) is 10.5 Å². The predicted octanol–water partition coefficient (Wildman–Crippen LogP) is -0.251. The molecule has 0 aromatic rings. The van der Waals surface area contributed by atoms with Crippen LogP contribution < -0.4 is 5.32 Å². The van der Waals surface area contributed by atoms with Crippen LogP contribution in [0.4, 0.5) is 0 Å². The fraction of sp³-hybridized carbons (Fsp3) is 0.750. The van der Waals surface area contributed by atoms with Gasteiger partial charge in [-0.2, -0.15) is 10.5 Å². The molecule has 0 spiro atoms.